The second kappa shape index (κ2) is 4.44. The first-order chi connectivity index (χ1) is 10.9. The van der Waals surface area contributed by atoms with Crippen molar-refractivity contribution in [3.63, 3.8) is 0 Å². The molecule has 4 nitrogen and oxygen atoms in total. The summed E-state index contributed by atoms with van der Waals surface area (Å²) in [5, 5.41) is 0. The zero-order valence-corrected chi connectivity index (χ0v) is 11.9. The molecule has 0 unspecified atom stereocenters. The molecule has 108 valence electrons. The van der Waals surface area contributed by atoms with Crippen molar-refractivity contribution in [1.29, 1.82) is 0 Å². The minimum Gasteiger partial charge on any atom is -0.490 e. The number of para-hydroxylation sites is 2. The SMILES string of the molecule is c1ccc2c(c1)OC[C@H]1N=C3c4ccccc4OC[C@H]3N=C21. The Kier molecular flexibility index (Phi) is 2.41. The fourth-order valence-electron chi connectivity index (χ4n) is 3.31. The Hall–Kier alpha value is -2.62. The largest absolute Gasteiger partial charge is 0.490 e. The molecule has 0 saturated carbocycles. The summed E-state index contributed by atoms with van der Waals surface area (Å²) < 4.78 is 11.7. The third kappa shape index (κ3) is 1.64. The molecule has 0 N–H and O–H groups in total. The van der Waals surface area contributed by atoms with Crippen molar-refractivity contribution >= 4 is 11.4 Å². The van der Waals surface area contributed by atoms with E-state index in [1.165, 1.54) is 0 Å². The maximum absolute atomic E-state index is 5.84. The van der Waals surface area contributed by atoms with E-state index in [1.807, 2.05) is 36.4 Å². The molecule has 22 heavy (non-hydrogen) atoms. The van der Waals surface area contributed by atoms with Crippen molar-refractivity contribution in [1.82, 2.24) is 0 Å². The van der Waals surface area contributed by atoms with Gasteiger partial charge in [0.2, 0.25) is 0 Å². The molecule has 2 aromatic rings. The Morgan fingerprint density at radius 1 is 0.682 bits per heavy atom. The van der Waals surface area contributed by atoms with Gasteiger partial charge in [-0.25, -0.2) is 0 Å². The second-order valence-electron chi connectivity index (χ2n) is 5.67. The second-order valence-corrected chi connectivity index (χ2v) is 5.67. The molecule has 5 rings (SSSR count). The summed E-state index contributed by atoms with van der Waals surface area (Å²) >= 11 is 0. The molecule has 0 aromatic heterocycles. The fourth-order valence-corrected chi connectivity index (χ4v) is 3.31. The first kappa shape index (κ1) is 12.0. The van der Waals surface area contributed by atoms with Gasteiger partial charge in [-0.05, 0) is 24.3 Å². The molecule has 0 spiro atoms. The van der Waals surface area contributed by atoms with E-state index in [4.69, 9.17) is 19.5 Å². The Morgan fingerprint density at radius 2 is 1.14 bits per heavy atom. The zero-order chi connectivity index (χ0) is 14.5. The summed E-state index contributed by atoms with van der Waals surface area (Å²) in [7, 11) is 0. The number of nitrogens with zero attached hydrogens (tertiary/aromatic N) is 2. The van der Waals surface area contributed by atoms with E-state index in [1.54, 1.807) is 0 Å². The number of benzene rings is 2. The van der Waals surface area contributed by atoms with E-state index in [2.05, 4.69) is 12.1 Å². The molecule has 2 aromatic carbocycles. The summed E-state index contributed by atoms with van der Waals surface area (Å²) in [6, 6.07) is 16.0. The number of aliphatic imine (C=N–C) groups is 2. The smallest absolute Gasteiger partial charge is 0.128 e. The van der Waals surface area contributed by atoms with Gasteiger partial charge in [0.15, 0.2) is 0 Å². The van der Waals surface area contributed by atoms with Gasteiger partial charge in [0.05, 0.1) is 11.4 Å². The molecule has 0 saturated heterocycles. The third-order valence-corrected chi connectivity index (χ3v) is 4.34. The number of rotatable bonds is 0. The van der Waals surface area contributed by atoms with Crippen LogP contribution in [-0.2, 0) is 0 Å². The average Bonchev–Trinajstić information content (AvgIpc) is 2.60. The zero-order valence-electron chi connectivity index (χ0n) is 11.9. The lowest BCUT2D eigenvalue weighted by Gasteiger charge is -2.34. The van der Waals surface area contributed by atoms with E-state index in [-0.39, 0.29) is 12.1 Å². The summed E-state index contributed by atoms with van der Waals surface area (Å²) in [4.78, 5) is 9.89. The molecular weight excluding hydrogens is 276 g/mol. The summed E-state index contributed by atoms with van der Waals surface area (Å²) in [6.07, 6.45) is 0. The Morgan fingerprint density at radius 3 is 1.64 bits per heavy atom. The fraction of sp³-hybridized carbons (Fsp3) is 0.222. The van der Waals surface area contributed by atoms with Crippen LogP contribution in [0.5, 0.6) is 11.5 Å². The molecule has 0 aliphatic carbocycles. The number of ether oxygens (including phenoxy) is 2. The number of hydrogen-bond donors (Lipinski definition) is 0. The minimum absolute atomic E-state index is 0.0210. The Labute approximate surface area is 128 Å². The Bertz CT molecular complexity index is 756. The van der Waals surface area contributed by atoms with Crippen molar-refractivity contribution in [2.75, 3.05) is 13.2 Å². The van der Waals surface area contributed by atoms with Crippen LogP contribution in [0.1, 0.15) is 11.1 Å². The van der Waals surface area contributed by atoms with E-state index in [0.29, 0.717) is 13.2 Å². The highest BCUT2D eigenvalue weighted by Gasteiger charge is 2.36. The van der Waals surface area contributed by atoms with Crippen molar-refractivity contribution in [2.24, 2.45) is 9.98 Å². The van der Waals surface area contributed by atoms with Gasteiger partial charge < -0.3 is 9.47 Å². The van der Waals surface area contributed by atoms with E-state index >= 15 is 0 Å². The molecule has 2 atom stereocenters. The van der Waals surface area contributed by atoms with E-state index in [9.17, 15) is 0 Å². The summed E-state index contributed by atoms with van der Waals surface area (Å²) in [5.74, 6) is 1.79. The van der Waals surface area contributed by atoms with Crippen molar-refractivity contribution < 1.29 is 9.47 Å². The molecule has 3 aliphatic heterocycles. The molecular formula is C18H14N2O2. The van der Waals surface area contributed by atoms with Gasteiger partial charge in [-0.3, -0.25) is 9.98 Å². The van der Waals surface area contributed by atoms with E-state index < -0.39 is 0 Å². The quantitative estimate of drug-likeness (QED) is 0.748. The maximum atomic E-state index is 5.84. The highest BCUT2D eigenvalue weighted by molar-refractivity contribution is 6.16. The predicted molar refractivity (Wildman–Crippen MR) is 84.5 cm³/mol. The predicted octanol–water partition coefficient (Wildman–Crippen LogP) is 2.50. The van der Waals surface area contributed by atoms with Crippen LogP contribution in [0.15, 0.2) is 58.5 Å². The number of hydrogen-bond acceptors (Lipinski definition) is 4. The highest BCUT2D eigenvalue weighted by Crippen LogP contribution is 2.33. The van der Waals surface area contributed by atoms with Crippen molar-refractivity contribution in [3.8, 4) is 11.5 Å². The first-order valence-corrected chi connectivity index (χ1v) is 7.50. The third-order valence-electron chi connectivity index (χ3n) is 4.34. The highest BCUT2D eigenvalue weighted by atomic mass is 16.5. The van der Waals surface area contributed by atoms with Gasteiger partial charge in [0.25, 0.3) is 0 Å². The topological polar surface area (TPSA) is 43.2 Å². The Balaban J connectivity index is 1.63. The minimum atomic E-state index is -0.0210. The van der Waals surface area contributed by atoms with Gasteiger partial charge in [-0.15, -0.1) is 0 Å². The van der Waals surface area contributed by atoms with Gasteiger partial charge in [0.1, 0.15) is 36.8 Å². The van der Waals surface area contributed by atoms with Gasteiger partial charge in [-0.1, -0.05) is 24.3 Å². The summed E-state index contributed by atoms with van der Waals surface area (Å²) in [6.45, 7) is 1.10. The van der Waals surface area contributed by atoms with Crippen LogP contribution < -0.4 is 9.47 Å². The maximum Gasteiger partial charge on any atom is 0.128 e. The average molecular weight is 290 g/mol. The molecule has 0 amide bonds. The van der Waals surface area contributed by atoms with Crippen LogP contribution in [0.3, 0.4) is 0 Å². The monoisotopic (exact) mass is 290 g/mol. The number of fused-ring (bicyclic) bond motifs is 6. The van der Waals surface area contributed by atoms with Crippen molar-refractivity contribution in [2.45, 2.75) is 12.1 Å². The molecule has 0 radical (unpaired) electrons. The normalized spacial score (nSPS) is 24.4. The van der Waals surface area contributed by atoms with Crippen LogP contribution in [0.4, 0.5) is 0 Å². The van der Waals surface area contributed by atoms with Crippen LogP contribution in [-0.4, -0.2) is 36.7 Å². The molecule has 0 fully saturated rings. The van der Waals surface area contributed by atoms with Crippen LogP contribution >= 0.6 is 0 Å². The molecule has 3 aliphatic rings. The van der Waals surface area contributed by atoms with Crippen LogP contribution in [0, 0.1) is 0 Å². The first-order valence-electron chi connectivity index (χ1n) is 7.50. The van der Waals surface area contributed by atoms with E-state index in [0.717, 1.165) is 34.0 Å². The van der Waals surface area contributed by atoms with Crippen LogP contribution in [0.2, 0.25) is 0 Å². The van der Waals surface area contributed by atoms with Crippen molar-refractivity contribution in [3.05, 3.63) is 59.7 Å². The lowest BCUT2D eigenvalue weighted by atomic mass is 9.93. The van der Waals surface area contributed by atoms with Crippen LogP contribution in [0.25, 0.3) is 0 Å². The summed E-state index contributed by atoms with van der Waals surface area (Å²) in [5.41, 5.74) is 4.16. The lowest BCUT2D eigenvalue weighted by molar-refractivity contribution is 0.288. The van der Waals surface area contributed by atoms with Gasteiger partial charge in [0, 0.05) is 11.1 Å². The molecule has 3 heterocycles. The van der Waals surface area contributed by atoms with Gasteiger partial charge in [-0.2, -0.15) is 0 Å². The lowest BCUT2D eigenvalue weighted by Crippen LogP contribution is -2.43. The molecule has 4 heteroatoms. The van der Waals surface area contributed by atoms with Gasteiger partial charge >= 0.3 is 0 Å². The standard InChI is InChI=1S/C18H14N2O2/c1-3-7-15-11(5-1)17-13(9-21-15)20-18-12-6-2-4-8-16(12)22-10-14(18)19-17/h1-8,13-14H,9-10H2/t13-,14-/m1/s1. The molecule has 0 bridgehead atoms.